The van der Waals surface area contributed by atoms with Crippen molar-refractivity contribution in [3.8, 4) is 11.5 Å². The van der Waals surface area contributed by atoms with Crippen LogP contribution in [-0.4, -0.2) is 77.0 Å². The van der Waals surface area contributed by atoms with Crippen LogP contribution in [0.3, 0.4) is 0 Å². The number of primary amides is 1. The average molecular weight is 624 g/mol. The van der Waals surface area contributed by atoms with E-state index < -0.39 is 35.6 Å². The molecule has 246 valence electrons. The third-order valence-electron chi connectivity index (χ3n) is 7.52. The van der Waals surface area contributed by atoms with E-state index in [2.05, 4.69) is 43.2 Å². The Labute approximate surface area is 266 Å². The van der Waals surface area contributed by atoms with Crippen LogP contribution in [0.15, 0.2) is 48.5 Å². The number of ether oxygens (including phenoxy) is 2. The lowest BCUT2D eigenvalue weighted by Crippen LogP contribution is -2.55. The van der Waals surface area contributed by atoms with Gasteiger partial charge in [0, 0.05) is 38.1 Å². The SMILES string of the molecule is CC(C)N(CCNC(=O)C1c2ccc(Oc3ccccc3)cc2CCN1C(=O)[C@@H](CCC(N)=O)NC(=O)OC(C)(C)C)C(C)C. The number of para-hydroxylation sites is 1. The van der Waals surface area contributed by atoms with E-state index in [-0.39, 0.29) is 25.3 Å². The van der Waals surface area contributed by atoms with Gasteiger partial charge in [0.2, 0.25) is 17.7 Å². The smallest absolute Gasteiger partial charge is 0.408 e. The van der Waals surface area contributed by atoms with Crippen molar-refractivity contribution in [1.29, 1.82) is 0 Å². The van der Waals surface area contributed by atoms with E-state index in [1.165, 1.54) is 4.90 Å². The van der Waals surface area contributed by atoms with Crippen LogP contribution < -0.4 is 21.1 Å². The molecule has 0 spiro atoms. The van der Waals surface area contributed by atoms with Gasteiger partial charge in [-0.15, -0.1) is 0 Å². The van der Waals surface area contributed by atoms with Gasteiger partial charge >= 0.3 is 6.09 Å². The summed E-state index contributed by atoms with van der Waals surface area (Å²) in [6.07, 6.45) is -0.505. The van der Waals surface area contributed by atoms with Gasteiger partial charge in [0.05, 0.1) is 0 Å². The molecule has 2 atom stereocenters. The van der Waals surface area contributed by atoms with Gasteiger partial charge in [-0.1, -0.05) is 24.3 Å². The Morgan fingerprint density at radius 2 is 1.67 bits per heavy atom. The monoisotopic (exact) mass is 623 g/mol. The number of nitrogens with two attached hydrogens (primary N) is 1. The molecule has 0 fully saturated rings. The van der Waals surface area contributed by atoms with E-state index in [0.29, 0.717) is 48.7 Å². The highest BCUT2D eigenvalue weighted by Gasteiger charge is 2.39. The highest BCUT2D eigenvalue weighted by Crippen LogP contribution is 2.34. The third-order valence-corrected chi connectivity index (χ3v) is 7.52. The summed E-state index contributed by atoms with van der Waals surface area (Å²) in [5.74, 6) is -0.134. The van der Waals surface area contributed by atoms with E-state index in [9.17, 15) is 19.2 Å². The predicted octanol–water partition coefficient (Wildman–Crippen LogP) is 4.30. The summed E-state index contributed by atoms with van der Waals surface area (Å²) < 4.78 is 11.4. The number of carbonyl (C=O) groups is 4. The van der Waals surface area contributed by atoms with Crippen LogP contribution >= 0.6 is 0 Å². The fourth-order valence-electron chi connectivity index (χ4n) is 5.52. The standard InChI is InChI=1S/C34H49N5O6/c1-22(2)38(23(3)4)20-18-36-31(41)30-27-14-13-26(44-25-11-9-8-10-12-25)21-24(27)17-19-39(30)32(42)28(15-16-29(35)40)37-33(43)45-34(5,6)7/h8-14,21-23,28,30H,15-20H2,1-7H3,(H2,35,40)(H,36,41)(H,37,43)/t28-,30?/m1/s1. The van der Waals surface area contributed by atoms with Crippen LogP contribution in [-0.2, 0) is 25.5 Å². The maximum absolute atomic E-state index is 14.1. The van der Waals surface area contributed by atoms with Crippen LogP contribution in [0.5, 0.6) is 11.5 Å². The molecule has 2 aromatic carbocycles. The molecule has 0 aliphatic carbocycles. The van der Waals surface area contributed by atoms with Crippen molar-refractivity contribution < 1.29 is 28.7 Å². The number of amides is 4. The number of nitrogens with zero attached hydrogens (tertiary/aromatic N) is 2. The topological polar surface area (TPSA) is 143 Å². The largest absolute Gasteiger partial charge is 0.457 e. The van der Waals surface area contributed by atoms with Gasteiger partial charge in [-0.25, -0.2) is 4.79 Å². The lowest BCUT2D eigenvalue weighted by molar-refractivity contribution is -0.143. The number of hydrogen-bond donors (Lipinski definition) is 3. The first-order valence-electron chi connectivity index (χ1n) is 15.6. The van der Waals surface area contributed by atoms with Crippen LogP contribution in [0.1, 0.15) is 78.5 Å². The Morgan fingerprint density at radius 3 is 2.27 bits per heavy atom. The van der Waals surface area contributed by atoms with Gasteiger partial charge in [0.25, 0.3) is 0 Å². The molecule has 11 heteroatoms. The molecule has 4 N–H and O–H groups in total. The lowest BCUT2D eigenvalue weighted by Gasteiger charge is -2.39. The minimum atomic E-state index is -1.12. The van der Waals surface area contributed by atoms with Gasteiger partial charge in [-0.3, -0.25) is 19.3 Å². The second kappa shape index (κ2) is 15.7. The zero-order chi connectivity index (χ0) is 33.3. The minimum Gasteiger partial charge on any atom is -0.457 e. The first kappa shape index (κ1) is 35.4. The van der Waals surface area contributed by atoms with E-state index >= 15 is 0 Å². The second-order valence-corrected chi connectivity index (χ2v) is 12.9. The zero-order valence-electron chi connectivity index (χ0n) is 27.6. The Morgan fingerprint density at radius 1 is 1.00 bits per heavy atom. The molecule has 1 unspecified atom stereocenters. The summed E-state index contributed by atoms with van der Waals surface area (Å²) in [5.41, 5.74) is 6.15. The molecule has 0 aromatic heterocycles. The summed E-state index contributed by atoms with van der Waals surface area (Å²) in [5, 5.41) is 5.65. The normalized spacial score (nSPS) is 15.4. The Hall–Kier alpha value is -4.12. The molecule has 4 amide bonds. The summed E-state index contributed by atoms with van der Waals surface area (Å²) in [6, 6.07) is 13.4. The van der Waals surface area contributed by atoms with E-state index in [1.807, 2.05) is 42.5 Å². The molecule has 0 saturated heterocycles. The Bertz CT molecular complexity index is 1320. The fraction of sp³-hybridized carbons (Fsp3) is 0.529. The van der Waals surface area contributed by atoms with Crippen LogP contribution in [0.2, 0.25) is 0 Å². The molecule has 45 heavy (non-hydrogen) atoms. The number of hydrogen-bond acceptors (Lipinski definition) is 7. The van der Waals surface area contributed by atoms with Crippen LogP contribution in [0.4, 0.5) is 4.79 Å². The maximum atomic E-state index is 14.1. The molecule has 0 bridgehead atoms. The first-order chi connectivity index (χ1) is 21.2. The third kappa shape index (κ3) is 10.5. The molecular formula is C34H49N5O6. The van der Waals surface area contributed by atoms with E-state index in [0.717, 1.165) is 5.56 Å². The van der Waals surface area contributed by atoms with Crippen molar-refractivity contribution in [3.63, 3.8) is 0 Å². The van der Waals surface area contributed by atoms with Crippen LogP contribution in [0, 0.1) is 0 Å². The summed E-state index contributed by atoms with van der Waals surface area (Å²) in [4.78, 5) is 56.1. The van der Waals surface area contributed by atoms with Gasteiger partial charge in [-0.05, 0) is 96.7 Å². The maximum Gasteiger partial charge on any atom is 0.408 e. The Balaban J connectivity index is 1.92. The van der Waals surface area contributed by atoms with Crippen molar-refractivity contribution >= 4 is 23.8 Å². The van der Waals surface area contributed by atoms with E-state index in [1.54, 1.807) is 26.8 Å². The van der Waals surface area contributed by atoms with Gasteiger partial charge in [0.1, 0.15) is 29.2 Å². The van der Waals surface area contributed by atoms with Crippen LogP contribution in [0.25, 0.3) is 0 Å². The number of nitrogens with one attached hydrogen (secondary N) is 2. The van der Waals surface area contributed by atoms with Gasteiger partial charge in [-0.2, -0.15) is 0 Å². The zero-order valence-corrected chi connectivity index (χ0v) is 27.6. The minimum absolute atomic E-state index is 0.0350. The molecule has 0 radical (unpaired) electrons. The summed E-state index contributed by atoms with van der Waals surface area (Å²) in [7, 11) is 0. The fourth-order valence-corrected chi connectivity index (χ4v) is 5.52. The van der Waals surface area contributed by atoms with Crippen molar-refractivity contribution in [3.05, 3.63) is 59.7 Å². The number of carbonyl (C=O) groups excluding carboxylic acids is 4. The second-order valence-electron chi connectivity index (χ2n) is 12.9. The van der Waals surface area contributed by atoms with Crippen molar-refractivity contribution in [2.24, 2.45) is 5.73 Å². The molecule has 1 aliphatic rings. The average Bonchev–Trinajstić information content (AvgIpc) is 2.95. The predicted molar refractivity (Wildman–Crippen MR) is 173 cm³/mol. The van der Waals surface area contributed by atoms with E-state index in [4.69, 9.17) is 15.2 Å². The molecule has 0 saturated carbocycles. The molecule has 3 rings (SSSR count). The summed E-state index contributed by atoms with van der Waals surface area (Å²) in [6.45, 7) is 14.8. The highest BCUT2D eigenvalue weighted by atomic mass is 16.6. The first-order valence-corrected chi connectivity index (χ1v) is 15.6. The quantitative estimate of drug-likeness (QED) is 0.302. The Kier molecular flexibility index (Phi) is 12.4. The van der Waals surface area contributed by atoms with Crippen molar-refractivity contribution in [2.75, 3.05) is 19.6 Å². The highest BCUT2D eigenvalue weighted by molar-refractivity contribution is 5.93. The molecule has 2 aromatic rings. The lowest BCUT2D eigenvalue weighted by atomic mass is 9.90. The number of benzene rings is 2. The molecule has 1 heterocycles. The molecular weight excluding hydrogens is 574 g/mol. The summed E-state index contributed by atoms with van der Waals surface area (Å²) >= 11 is 0. The number of fused-ring (bicyclic) bond motifs is 1. The molecule has 11 nitrogen and oxygen atoms in total. The number of alkyl carbamates (subject to hydrolysis) is 1. The number of rotatable bonds is 13. The van der Waals surface area contributed by atoms with Crippen molar-refractivity contribution in [1.82, 2.24) is 20.4 Å². The molecule has 1 aliphatic heterocycles. The van der Waals surface area contributed by atoms with Crippen molar-refractivity contribution in [2.45, 2.75) is 97.5 Å². The van der Waals surface area contributed by atoms with Gasteiger partial charge < -0.3 is 30.7 Å². The van der Waals surface area contributed by atoms with Gasteiger partial charge in [0.15, 0.2) is 0 Å².